The smallest absolute Gasteiger partial charge is 0.244 e. The Hall–Kier alpha value is -1.84. The van der Waals surface area contributed by atoms with Gasteiger partial charge in [-0.05, 0) is 49.3 Å². The largest absolute Gasteiger partial charge is 0.497 e. The molecular formula is C16H22N2O2. The number of ether oxygens (including phenoxy) is 1. The number of nitrogens with one attached hydrogen (secondary N) is 1. The van der Waals surface area contributed by atoms with E-state index in [1.165, 1.54) is 12.8 Å². The van der Waals surface area contributed by atoms with Gasteiger partial charge in [-0.2, -0.15) is 5.10 Å². The number of benzene rings is 1. The Morgan fingerprint density at radius 3 is 2.55 bits per heavy atom. The number of hydrazone groups is 1. The summed E-state index contributed by atoms with van der Waals surface area (Å²) in [7, 11) is 1.63. The summed E-state index contributed by atoms with van der Waals surface area (Å²) < 4.78 is 5.09. The lowest BCUT2D eigenvalue weighted by molar-refractivity contribution is -0.120. The summed E-state index contributed by atoms with van der Waals surface area (Å²) in [4.78, 5) is 11.8. The van der Waals surface area contributed by atoms with Gasteiger partial charge in [0.05, 0.1) is 13.5 Å². The summed E-state index contributed by atoms with van der Waals surface area (Å²) >= 11 is 0. The molecule has 1 aliphatic rings. The molecule has 20 heavy (non-hydrogen) atoms. The number of nitrogens with zero attached hydrogens (tertiary/aromatic N) is 1. The number of carbonyl (C=O) groups is 1. The summed E-state index contributed by atoms with van der Waals surface area (Å²) in [5, 5.41) is 4.24. The van der Waals surface area contributed by atoms with Gasteiger partial charge < -0.3 is 4.74 Å². The second-order valence-electron chi connectivity index (χ2n) is 5.42. The Morgan fingerprint density at radius 2 is 1.95 bits per heavy atom. The molecule has 0 aromatic heterocycles. The summed E-state index contributed by atoms with van der Waals surface area (Å²) in [5.41, 5.74) is 4.74. The molecule has 0 saturated heterocycles. The maximum Gasteiger partial charge on any atom is 0.244 e. The molecule has 0 spiro atoms. The van der Waals surface area contributed by atoms with E-state index < -0.39 is 0 Å². The second kappa shape index (κ2) is 7.08. The number of carbonyl (C=O) groups excluding carboxylic acids is 1. The minimum absolute atomic E-state index is 0.0683. The van der Waals surface area contributed by atoms with Gasteiger partial charge in [0.25, 0.3) is 0 Å². The van der Waals surface area contributed by atoms with Crippen molar-refractivity contribution < 1.29 is 9.53 Å². The summed E-state index contributed by atoms with van der Waals surface area (Å²) in [6.45, 7) is 2.26. The molecule has 0 bridgehead atoms. The molecule has 0 radical (unpaired) electrons. The molecule has 1 aromatic rings. The van der Waals surface area contributed by atoms with Crippen molar-refractivity contribution in [1.29, 1.82) is 0 Å². The fourth-order valence-corrected chi connectivity index (χ4v) is 2.32. The highest BCUT2D eigenvalue weighted by Crippen LogP contribution is 2.21. The van der Waals surface area contributed by atoms with Crippen LogP contribution in [-0.4, -0.2) is 18.7 Å². The van der Waals surface area contributed by atoms with E-state index in [2.05, 4.69) is 17.5 Å². The van der Waals surface area contributed by atoms with Crippen LogP contribution < -0.4 is 10.2 Å². The van der Waals surface area contributed by atoms with E-state index in [9.17, 15) is 4.79 Å². The van der Waals surface area contributed by atoms with Crippen LogP contribution in [0.4, 0.5) is 0 Å². The second-order valence-corrected chi connectivity index (χ2v) is 5.42. The summed E-state index contributed by atoms with van der Waals surface area (Å²) in [6.07, 6.45) is 4.70. The molecule has 0 heterocycles. The SMILES string of the molecule is COc1ccc(CC(=O)NN=C2CCC(C)CC2)cc1. The van der Waals surface area contributed by atoms with Crippen LogP contribution in [0.5, 0.6) is 5.75 Å². The molecule has 1 aromatic carbocycles. The summed E-state index contributed by atoms with van der Waals surface area (Å²) in [5.74, 6) is 1.51. The van der Waals surface area contributed by atoms with Crippen LogP contribution in [0.25, 0.3) is 0 Å². The first-order chi connectivity index (χ1) is 9.67. The predicted octanol–water partition coefficient (Wildman–Crippen LogP) is 2.92. The molecule has 0 aliphatic heterocycles. The third-order valence-corrected chi connectivity index (χ3v) is 3.71. The van der Waals surface area contributed by atoms with E-state index in [1.807, 2.05) is 24.3 Å². The molecule has 1 saturated carbocycles. The first-order valence-electron chi connectivity index (χ1n) is 7.14. The van der Waals surface area contributed by atoms with Crippen LogP contribution >= 0.6 is 0 Å². The van der Waals surface area contributed by atoms with Crippen LogP contribution in [-0.2, 0) is 11.2 Å². The van der Waals surface area contributed by atoms with E-state index in [1.54, 1.807) is 7.11 Å². The zero-order chi connectivity index (χ0) is 14.4. The molecular weight excluding hydrogens is 252 g/mol. The Labute approximate surface area is 120 Å². The van der Waals surface area contributed by atoms with Gasteiger partial charge in [0, 0.05) is 5.71 Å². The zero-order valence-electron chi connectivity index (χ0n) is 12.2. The normalized spacial score (nSPS) is 18.5. The third-order valence-electron chi connectivity index (χ3n) is 3.71. The summed E-state index contributed by atoms with van der Waals surface area (Å²) in [6, 6.07) is 7.51. The average molecular weight is 274 g/mol. The number of hydrogen-bond donors (Lipinski definition) is 1. The first kappa shape index (κ1) is 14.6. The molecule has 108 valence electrons. The lowest BCUT2D eigenvalue weighted by Gasteiger charge is -2.18. The average Bonchev–Trinajstić information content (AvgIpc) is 2.47. The molecule has 1 amide bonds. The Bertz CT molecular complexity index is 470. The highest BCUT2D eigenvalue weighted by atomic mass is 16.5. The lowest BCUT2D eigenvalue weighted by atomic mass is 9.90. The van der Waals surface area contributed by atoms with Crippen molar-refractivity contribution in [1.82, 2.24) is 5.43 Å². The van der Waals surface area contributed by atoms with Crippen molar-refractivity contribution >= 4 is 11.6 Å². The van der Waals surface area contributed by atoms with Crippen molar-refractivity contribution in [2.24, 2.45) is 11.0 Å². The Morgan fingerprint density at radius 1 is 1.30 bits per heavy atom. The van der Waals surface area contributed by atoms with Crippen LogP contribution in [0.2, 0.25) is 0 Å². The molecule has 1 fully saturated rings. The number of rotatable bonds is 4. The number of amides is 1. The molecule has 0 atom stereocenters. The maximum atomic E-state index is 11.8. The van der Waals surface area contributed by atoms with Crippen LogP contribution in [0.15, 0.2) is 29.4 Å². The molecule has 1 N–H and O–H groups in total. The van der Waals surface area contributed by atoms with Crippen molar-refractivity contribution in [3.05, 3.63) is 29.8 Å². The van der Waals surface area contributed by atoms with Gasteiger partial charge in [-0.15, -0.1) is 0 Å². The molecule has 1 aliphatic carbocycles. The van der Waals surface area contributed by atoms with Crippen molar-refractivity contribution in [3.8, 4) is 5.75 Å². The van der Waals surface area contributed by atoms with Crippen LogP contribution in [0.1, 0.15) is 38.2 Å². The van der Waals surface area contributed by atoms with Gasteiger partial charge in [-0.1, -0.05) is 19.1 Å². The van der Waals surface area contributed by atoms with Gasteiger partial charge in [0.1, 0.15) is 5.75 Å². The number of methoxy groups -OCH3 is 1. The lowest BCUT2D eigenvalue weighted by Crippen LogP contribution is -2.23. The fourth-order valence-electron chi connectivity index (χ4n) is 2.32. The predicted molar refractivity (Wildman–Crippen MR) is 79.9 cm³/mol. The van der Waals surface area contributed by atoms with Crippen molar-refractivity contribution in [2.45, 2.75) is 39.0 Å². The van der Waals surface area contributed by atoms with E-state index in [0.717, 1.165) is 35.8 Å². The van der Waals surface area contributed by atoms with Gasteiger partial charge in [0.15, 0.2) is 0 Å². The fraction of sp³-hybridized carbons (Fsp3) is 0.500. The van der Waals surface area contributed by atoms with Gasteiger partial charge >= 0.3 is 0 Å². The minimum atomic E-state index is -0.0683. The third kappa shape index (κ3) is 4.37. The van der Waals surface area contributed by atoms with Crippen LogP contribution in [0.3, 0.4) is 0 Å². The first-order valence-corrected chi connectivity index (χ1v) is 7.14. The molecule has 4 heteroatoms. The Kier molecular flexibility index (Phi) is 5.16. The van der Waals surface area contributed by atoms with Crippen LogP contribution in [0, 0.1) is 5.92 Å². The zero-order valence-corrected chi connectivity index (χ0v) is 12.2. The maximum absolute atomic E-state index is 11.8. The van der Waals surface area contributed by atoms with E-state index >= 15 is 0 Å². The van der Waals surface area contributed by atoms with Gasteiger partial charge in [-0.25, -0.2) is 5.43 Å². The van der Waals surface area contributed by atoms with Crippen molar-refractivity contribution in [3.63, 3.8) is 0 Å². The number of hydrogen-bond acceptors (Lipinski definition) is 3. The van der Waals surface area contributed by atoms with E-state index in [4.69, 9.17) is 4.74 Å². The van der Waals surface area contributed by atoms with Gasteiger partial charge in [-0.3, -0.25) is 4.79 Å². The van der Waals surface area contributed by atoms with E-state index in [0.29, 0.717) is 6.42 Å². The highest BCUT2D eigenvalue weighted by Gasteiger charge is 2.13. The standard InChI is InChI=1S/C16H22N2O2/c1-12-3-7-14(8-4-12)17-18-16(19)11-13-5-9-15(20-2)10-6-13/h5-6,9-10,12H,3-4,7-8,11H2,1-2H3,(H,18,19). The van der Waals surface area contributed by atoms with E-state index in [-0.39, 0.29) is 5.91 Å². The molecule has 0 unspecified atom stereocenters. The van der Waals surface area contributed by atoms with Gasteiger partial charge in [0.2, 0.25) is 5.91 Å². The molecule has 2 rings (SSSR count). The monoisotopic (exact) mass is 274 g/mol. The van der Waals surface area contributed by atoms with Crippen molar-refractivity contribution in [2.75, 3.05) is 7.11 Å². The molecule has 4 nitrogen and oxygen atoms in total. The topological polar surface area (TPSA) is 50.7 Å². The highest BCUT2D eigenvalue weighted by molar-refractivity contribution is 5.87. The quantitative estimate of drug-likeness (QED) is 0.858. The minimum Gasteiger partial charge on any atom is -0.497 e. The Balaban J connectivity index is 1.81.